The van der Waals surface area contributed by atoms with Crippen LogP contribution in [0, 0.1) is 11.8 Å². The number of aromatic amines is 1. The van der Waals surface area contributed by atoms with Gasteiger partial charge in [-0.15, -0.1) is 5.10 Å². The molecule has 1 aromatic carbocycles. The molecule has 2 aliphatic rings. The van der Waals surface area contributed by atoms with Crippen molar-refractivity contribution in [3.63, 3.8) is 0 Å². The summed E-state index contributed by atoms with van der Waals surface area (Å²) in [7, 11) is 0. The second-order valence-corrected chi connectivity index (χ2v) is 5.76. The van der Waals surface area contributed by atoms with Gasteiger partial charge in [0.25, 0.3) is 5.91 Å². The molecule has 1 aromatic heterocycles. The Labute approximate surface area is 116 Å². The summed E-state index contributed by atoms with van der Waals surface area (Å²) in [5.41, 5.74) is 2.31. The number of carbonyl (C=O) groups excluding carboxylic acids is 1. The molecule has 2 aromatic rings. The van der Waals surface area contributed by atoms with Crippen molar-refractivity contribution in [3.05, 3.63) is 23.8 Å². The molecule has 0 spiro atoms. The number of amides is 1. The number of nitrogens with one attached hydrogen (secondary N) is 2. The lowest BCUT2D eigenvalue weighted by Crippen LogP contribution is -2.43. The third-order valence-electron chi connectivity index (χ3n) is 4.56. The van der Waals surface area contributed by atoms with Gasteiger partial charge in [-0.25, -0.2) is 0 Å². The van der Waals surface area contributed by atoms with E-state index in [0.717, 1.165) is 49.6 Å². The summed E-state index contributed by atoms with van der Waals surface area (Å²) >= 11 is 0. The van der Waals surface area contributed by atoms with Gasteiger partial charge < -0.3 is 10.2 Å². The smallest absolute Gasteiger partial charge is 0.253 e. The van der Waals surface area contributed by atoms with Gasteiger partial charge in [-0.3, -0.25) is 9.89 Å². The van der Waals surface area contributed by atoms with Crippen molar-refractivity contribution in [3.8, 4) is 0 Å². The van der Waals surface area contributed by atoms with E-state index in [9.17, 15) is 4.79 Å². The number of hydrogen-bond acceptors (Lipinski definition) is 4. The summed E-state index contributed by atoms with van der Waals surface area (Å²) in [5.74, 6) is 1.47. The number of piperidine rings is 1. The Morgan fingerprint density at radius 1 is 1.30 bits per heavy atom. The lowest BCUT2D eigenvalue weighted by atomic mass is 9.88. The SMILES string of the molecule is O=C(c1ccc2[nH]nnc2c1)N1CC[C@@H]2CNC[C@H]2C1. The van der Waals surface area contributed by atoms with Crippen LogP contribution in [0.1, 0.15) is 16.8 Å². The van der Waals surface area contributed by atoms with Gasteiger partial charge in [0.15, 0.2) is 0 Å². The molecular weight excluding hydrogens is 254 g/mol. The second kappa shape index (κ2) is 4.56. The first-order chi connectivity index (χ1) is 9.81. The Morgan fingerprint density at radius 3 is 3.15 bits per heavy atom. The van der Waals surface area contributed by atoms with E-state index in [-0.39, 0.29) is 5.91 Å². The van der Waals surface area contributed by atoms with Crippen molar-refractivity contribution in [1.29, 1.82) is 0 Å². The summed E-state index contributed by atoms with van der Waals surface area (Å²) in [6.07, 6.45) is 1.11. The van der Waals surface area contributed by atoms with Crippen LogP contribution >= 0.6 is 0 Å². The zero-order valence-electron chi connectivity index (χ0n) is 11.2. The van der Waals surface area contributed by atoms with Crippen LogP contribution in [0.5, 0.6) is 0 Å². The normalized spacial score (nSPS) is 25.9. The maximum Gasteiger partial charge on any atom is 0.253 e. The fourth-order valence-corrected chi connectivity index (χ4v) is 3.38. The van der Waals surface area contributed by atoms with Crippen LogP contribution < -0.4 is 5.32 Å². The van der Waals surface area contributed by atoms with E-state index in [1.165, 1.54) is 0 Å². The van der Waals surface area contributed by atoms with Gasteiger partial charge in [0.2, 0.25) is 0 Å². The number of H-pyrrole nitrogens is 1. The summed E-state index contributed by atoms with van der Waals surface area (Å²) in [5, 5.41) is 13.9. The average Bonchev–Trinajstić information content (AvgIpc) is 3.13. The minimum absolute atomic E-state index is 0.111. The van der Waals surface area contributed by atoms with Crippen LogP contribution in [-0.2, 0) is 0 Å². The Morgan fingerprint density at radius 2 is 2.20 bits per heavy atom. The Bertz CT molecular complexity index is 652. The van der Waals surface area contributed by atoms with E-state index in [1.807, 2.05) is 23.1 Å². The highest BCUT2D eigenvalue weighted by Crippen LogP contribution is 2.27. The molecule has 2 N–H and O–H groups in total. The Hall–Kier alpha value is -1.95. The van der Waals surface area contributed by atoms with Crippen LogP contribution in [0.4, 0.5) is 0 Å². The molecule has 0 aliphatic carbocycles. The largest absolute Gasteiger partial charge is 0.338 e. The molecule has 3 heterocycles. The molecule has 0 saturated carbocycles. The average molecular weight is 271 g/mol. The summed E-state index contributed by atoms with van der Waals surface area (Å²) < 4.78 is 0. The van der Waals surface area contributed by atoms with E-state index in [1.54, 1.807) is 0 Å². The van der Waals surface area contributed by atoms with Crippen LogP contribution in [-0.4, -0.2) is 52.4 Å². The number of hydrogen-bond donors (Lipinski definition) is 2. The quantitative estimate of drug-likeness (QED) is 0.798. The van der Waals surface area contributed by atoms with E-state index < -0.39 is 0 Å². The van der Waals surface area contributed by atoms with E-state index in [0.29, 0.717) is 11.5 Å². The molecule has 2 saturated heterocycles. The van der Waals surface area contributed by atoms with Gasteiger partial charge in [0, 0.05) is 18.7 Å². The molecule has 20 heavy (non-hydrogen) atoms. The number of carbonyl (C=O) groups is 1. The zero-order chi connectivity index (χ0) is 13.5. The van der Waals surface area contributed by atoms with Crippen molar-refractivity contribution in [2.24, 2.45) is 11.8 Å². The third-order valence-corrected chi connectivity index (χ3v) is 4.56. The Kier molecular flexibility index (Phi) is 2.70. The molecule has 0 unspecified atom stereocenters. The van der Waals surface area contributed by atoms with Gasteiger partial charge in [0.05, 0.1) is 5.52 Å². The minimum Gasteiger partial charge on any atom is -0.338 e. The monoisotopic (exact) mass is 271 g/mol. The molecule has 6 heteroatoms. The van der Waals surface area contributed by atoms with E-state index >= 15 is 0 Å². The van der Waals surface area contributed by atoms with Crippen LogP contribution in [0.2, 0.25) is 0 Å². The highest BCUT2D eigenvalue weighted by Gasteiger charge is 2.34. The summed E-state index contributed by atoms with van der Waals surface area (Å²) in [6, 6.07) is 5.54. The highest BCUT2D eigenvalue weighted by molar-refractivity contribution is 5.97. The topological polar surface area (TPSA) is 73.9 Å². The first-order valence-electron chi connectivity index (χ1n) is 7.12. The summed E-state index contributed by atoms with van der Waals surface area (Å²) in [6.45, 7) is 3.88. The van der Waals surface area contributed by atoms with Gasteiger partial charge >= 0.3 is 0 Å². The number of fused-ring (bicyclic) bond motifs is 2. The maximum atomic E-state index is 12.6. The van der Waals surface area contributed by atoms with Crippen LogP contribution in [0.15, 0.2) is 18.2 Å². The third kappa shape index (κ3) is 1.87. The van der Waals surface area contributed by atoms with Gasteiger partial charge in [-0.1, -0.05) is 5.21 Å². The van der Waals surface area contributed by atoms with Gasteiger partial charge in [0.1, 0.15) is 5.52 Å². The van der Waals surface area contributed by atoms with E-state index in [2.05, 4.69) is 20.7 Å². The summed E-state index contributed by atoms with van der Waals surface area (Å²) in [4.78, 5) is 14.6. The molecule has 6 nitrogen and oxygen atoms in total. The highest BCUT2D eigenvalue weighted by atomic mass is 16.2. The van der Waals surface area contributed by atoms with Crippen molar-refractivity contribution in [2.75, 3.05) is 26.2 Å². The minimum atomic E-state index is 0.111. The predicted molar refractivity (Wildman–Crippen MR) is 74.3 cm³/mol. The van der Waals surface area contributed by atoms with Gasteiger partial charge in [-0.05, 0) is 49.5 Å². The van der Waals surface area contributed by atoms with Crippen molar-refractivity contribution < 1.29 is 4.79 Å². The number of aromatic nitrogens is 3. The second-order valence-electron chi connectivity index (χ2n) is 5.76. The van der Waals surface area contributed by atoms with Gasteiger partial charge in [-0.2, -0.15) is 0 Å². The molecule has 2 atom stereocenters. The number of benzene rings is 1. The van der Waals surface area contributed by atoms with Crippen molar-refractivity contribution >= 4 is 16.9 Å². The number of likely N-dealkylation sites (tertiary alicyclic amines) is 1. The molecule has 0 bridgehead atoms. The first kappa shape index (κ1) is 11.8. The Balaban J connectivity index is 1.56. The van der Waals surface area contributed by atoms with Crippen molar-refractivity contribution in [2.45, 2.75) is 6.42 Å². The molecule has 1 amide bonds. The van der Waals surface area contributed by atoms with Crippen LogP contribution in [0.3, 0.4) is 0 Å². The van der Waals surface area contributed by atoms with Crippen LogP contribution in [0.25, 0.3) is 11.0 Å². The molecule has 104 valence electrons. The molecule has 0 radical (unpaired) electrons. The molecule has 4 rings (SSSR count). The van der Waals surface area contributed by atoms with E-state index in [4.69, 9.17) is 0 Å². The molecule has 2 fully saturated rings. The number of rotatable bonds is 1. The zero-order valence-corrected chi connectivity index (χ0v) is 11.2. The maximum absolute atomic E-state index is 12.6. The predicted octanol–water partition coefficient (Wildman–Crippen LogP) is 0.639. The fraction of sp³-hybridized carbons (Fsp3) is 0.500. The molecular formula is C14H17N5O. The first-order valence-corrected chi connectivity index (χ1v) is 7.12. The van der Waals surface area contributed by atoms with Crippen molar-refractivity contribution in [1.82, 2.24) is 25.6 Å². The standard InChI is InChI=1S/C14H17N5O/c20-14(9-1-2-12-13(5-9)17-18-16-12)19-4-3-10-6-15-7-11(10)8-19/h1-2,5,10-11,15H,3-4,6-8H2,(H,16,17,18)/t10-,11+/m1/s1. The lowest BCUT2D eigenvalue weighted by Gasteiger charge is -2.34. The number of nitrogens with zero attached hydrogens (tertiary/aromatic N) is 3. The fourth-order valence-electron chi connectivity index (χ4n) is 3.38. The lowest BCUT2D eigenvalue weighted by molar-refractivity contribution is 0.0642. The molecule has 2 aliphatic heterocycles.